The van der Waals surface area contributed by atoms with Crippen molar-refractivity contribution in [3.05, 3.63) is 18.5 Å². The summed E-state index contributed by atoms with van der Waals surface area (Å²) in [5, 5.41) is 12.4. The Balaban J connectivity index is 1.48. The highest BCUT2D eigenvalue weighted by atomic mass is 16.5. The van der Waals surface area contributed by atoms with Crippen LogP contribution in [0.1, 0.15) is 12.8 Å². The molecule has 8 nitrogen and oxygen atoms in total. The molecule has 0 aliphatic carbocycles. The lowest BCUT2D eigenvalue weighted by atomic mass is 9.96. The summed E-state index contributed by atoms with van der Waals surface area (Å²) in [6, 6.07) is 3.86. The summed E-state index contributed by atoms with van der Waals surface area (Å²) in [5.41, 5.74) is 0.728. The Morgan fingerprint density at radius 1 is 1.22 bits per heavy atom. The number of hydrogen-bond acceptors (Lipinski definition) is 6. The monoisotopic (exact) mass is 316 g/mol. The van der Waals surface area contributed by atoms with Crippen LogP contribution in [0.15, 0.2) is 18.5 Å². The minimum absolute atomic E-state index is 0.0419. The third kappa shape index (κ3) is 2.86. The van der Waals surface area contributed by atoms with Gasteiger partial charge in [0.2, 0.25) is 5.91 Å². The predicted octanol–water partition coefficient (Wildman–Crippen LogP) is 0.200. The van der Waals surface area contributed by atoms with Crippen molar-refractivity contribution in [2.45, 2.75) is 12.8 Å². The second kappa shape index (κ2) is 6.11. The minimum atomic E-state index is 0.0419. The first-order valence-corrected chi connectivity index (χ1v) is 8.10. The van der Waals surface area contributed by atoms with Gasteiger partial charge >= 0.3 is 0 Å². The van der Waals surface area contributed by atoms with Gasteiger partial charge in [-0.05, 0) is 25.0 Å². The van der Waals surface area contributed by atoms with E-state index in [1.54, 1.807) is 10.8 Å². The van der Waals surface area contributed by atoms with E-state index in [0.717, 1.165) is 37.4 Å². The fourth-order valence-electron chi connectivity index (χ4n) is 3.32. The molecular formula is C15H20N6O2. The number of aromatic nitrogens is 4. The lowest BCUT2D eigenvalue weighted by Gasteiger charge is -2.36. The predicted molar refractivity (Wildman–Crippen MR) is 83.1 cm³/mol. The van der Waals surface area contributed by atoms with E-state index in [2.05, 4.69) is 20.2 Å². The van der Waals surface area contributed by atoms with Gasteiger partial charge in [0.15, 0.2) is 5.65 Å². The lowest BCUT2D eigenvalue weighted by Crippen LogP contribution is -2.48. The minimum Gasteiger partial charge on any atom is -0.378 e. The summed E-state index contributed by atoms with van der Waals surface area (Å²) in [6.07, 6.45) is 3.54. The number of nitrogens with zero attached hydrogens (tertiary/aromatic N) is 6. The fraction of sp³-hybridized carbons (Fsp3) is 0.600. The molecule has 2 aromatic heterocycles. The lowest BCUT2D eigenvalue weighted by molar-refractivity contribution is -0.139. The molecule has 0 bridgehead atoms. The molecule has 0 spiro atoms. The zero-order valence-corrected chi connectivity index (χ0v) is 13.0. The standard InChI is InChI=1S/C15H20N6O2/c22-15(19-6-8-23-9-7-19)12-2-1-5-20(10-12)14-4-3-13-17-16-11-21(13)18-14/h3-4,11-12H,1-2,5-10H2. The molecular weight excluding hydrogens is 296 g/mol. The largest absolute Gasteiger partial charge is 0.378 e. The average molecular weight is 316 g/mol. The maximum Gasteiger partial charge on any atom is 0.227 e. The molecule has 2 saturated heterocycles. The number of carbonyl (C=O) groups excluding carboxylic acids is 1. The number of amides is 1. The molecule has 23 heavy (non-hydrogen) atoms. The van der Waals surface area contributed by atoms with Crippen LogP contribution in [0.4, 0.5) is 5.82 Å². The summed E-state index contributed by atoms with van der Waals surface area (Å²) in [7, 11) is 0. The van der Waals surface area contributed by atoms with Crippen molar-refractivity contribution in [1.82, 2.24) is 24.7 Å². The molecule has 1 unspecified atom stereocenters. The molecule has 2 aliphatic heterocycles. The van der Waals surface area contributed by atoms with E-state index >= 15 is 0 Å². The number of piperidine rings is 1. The molecule has 2 aromatic rings. The van der Waals surface area contributed by atoms with Crippen LogP contribution in [-0.4, -0.2) is 70.0 Å². The number of morpholine rings is 1. The molecule has 4 heterocycles. The van der Waals surface area contributed by atoms with Gasteiger partial charge in [-0.25, -0.2) is 0 Å². The number of hydrogen-bond donors (Lipinski definition) is 0. The topological polar surface area (TPSA) is 75.9 Å². The van der Waals surface area contributed by atoms with E-state index in [4.69, 9.17) is 4.74 Å². The van der Waals surface area contributed by atoms with Crippen molar-refractivity contribution in [2.75, 3.05) is 44.3 Å². The quantitative estimate of drug-likeness (QED) is 0.788. The molecule has 0 aromatic carbocycles. The maximum atomic E-state index is 12.7. The number of anilines is 1. The molecule has 0 N–H and O–H groups in total. The van der Waals surface area contributed by atoms with Gasteiger partial charge in [0.05, 0.1) is 19.1 Å². The van der Waals surface area contributed by atoms with E-state index in [1.165, 1.54) is 0 Å². The molecule has 122 valence electrons. The van der Waals surface area contributed by atoms with Gasteiger partial charge in [0.1, 0.15) is 12.1 Å². The molecule has 8 heteroatoms. The van der Waals surface area contributed by atoms with Crippen molar-refractivity contribution in [2.24, 2.45) is 5.92 Å². The second-order valence-corrected chi connectivity index (χ2v) is 6.05. The van der Waals surface area contributed by atoms with Gasteiger partial charge < -0.3 is 14.5 Å². The summed E-state index contributed by atoms with van der Waals surface area (Å²) in [4.78, 5) is 16.8. The molecule has 2 aliphatic rings. The van der Waals surface area contributed by atoms with Crippen molar-refractivity contribution in [3.63, 3.8) is 0 Å². The average Bonchev–Trinajstić information content (AvgIpc) is 3.09. The Kier molecular flexibility index (Phi) is 3.82. The van der Waals surface area contributed by atoms with Crippen LogP contribution < -0.4 is 4.90 Å². The van der Waals surface area contributed by atoms with Crippen LogP contribution in [0, 0.1) is 5.92 Å². The SMILES string of the molecule is O=C(C1CCCN(c2ccc3nncn3n2)C1)N1CCOCC1. The Hall–Kier alpha value is -2.22. The van der Waals surface area contributed by atoms with E-state index < -0.39 is 0 Å². The van der Waals surface area contributed by atoms with E-state index in [-0.39, 0.29) is 11.8 Å². The van der Waals surface area contributed by atoms with Gasteiger partial charge in [-0.2, -0.15) is 4.52 Å². The third-order valence-electron chi connectivity index (χ3n) is 4.56. The van der Waals surface area contributed by atoms with Gasteiger partial charge in [-0.15, -0.1) is 15.3 Å². The summed E-state index contributed by atoms with van der Waals surface area (Å²) in [5.74, 6) is 1.17. The van der Waals surface area contributed by atoms with E-state index in [0.29, 0.717) is 26.3 Å². The summed E-state index contributed by atoms with van der Waals surface area (Å²) >= 11 is 0. The van der Waals surface area contributed by atoms with Crippen LogP contribution in [-0.2, 0) is 9.53 Å². The molecule has 1 amide bonds. The zero-order valence-electron chi connectivity index (χ0n) is 13.0. The Bertz CT molecular complexity index is 696. The summed E-state index contributed by atoms with van der Waals surface area (Å²) in [6.45, 7) is 4.35. The highest BCUT2D eigenvalue weighted by Crippen LogP contribution is 2.23. The smallest absolute Gasteiger partial charge is 0.227 e. The van der Waals surface area contributed by atoms with Crippen LogP contribution in [0.2, 0.25) is 0 Å². The molecule has 0 saturated carbocycles. The van der Waals surface area contributed by atoms with Gasteiger partial charge in [0, 0.05) is 26.2 Å². The van der Waals surface area contributed by atoms with Gasteiger partial charge in [-0.1, -0.05) is 0 Å². The maximum absolute atomic E-state index is 12.7. The van der Waals surface area contributed by atoms with Crippen molar-refractivity contribution in [3.8, 4) is 0 Å². The molecule has 0 radical (unpaired) electrons. The number of fused-ring (bicyclic) bond motifs is 1. The van der Waals surface area contributed by atoms with Crippen LogP contribution in [0.5, 0.6) is 0 Å². The Morgan fingerprint density at radius 3 is 2.96 bits per heavy atom. The first-order valence-electron chi connectivity index (χ1n) is 8.10. The first-order chi connectivity index (χ1) is 11.3. The third-order valence-corrected chi connectivity index (χ3v) is 4.56. The second-order valence-electron chi connectivity index (χ2n) is 6.05. The normalized spacial score (nSPS) is 22.5. The van der Waals surface area contributed by atoms with Crippen LogP contribution in [0.25, 0.3) is 5.65 Å². The number of rotatable bonds is 2. The van der Waals surface area contributed by atoms with Crippen molar-refractivity contribution >= 4 is 17.4 Å². The number of carbonyl (C=O) groups is 1. The number of ether oxygens (including phenoxy) is 1. The van der Waals surface area contributed by atoms with Crippen molar-refractivity contribution < 1.29 is 9.53 Å². The zero-order chi connectivity index (χ0) is 15.6. The fourth-order valence-corrected chi connectivity index (χ4v) is 3.32. The molecule has 1 atom stereocenters. The van der Waals surface area contributed by atoms with E-state index in [9.17, 15) is 4.79 Å². The Morgan fingerprint density at radius 2 is 2.09 bits per heavy atom. The van der Waals surface area contributed by atoms with Gasteiger partial charge in [-0.3, -0.25) is 4.79 Å². The van der Waals surface area contributed by atoms with E-state index in [1.807, 2.05) is 17.0 Å². The highest BCUT2D eigenvalue weighted by molar-refractivity contribution is 5.79. The van der Waals surface area contributed by atoms with Crippen LogP contribution in [0.3, 0.4) is 0 Å². The van der Waals surface area contributed by atoms with Gasteiger partial charge in [0.25, 0.3) is 0 Å². The molecule has 4 rings (SSSR count). The molecule has 2 fully saturated rings. The first kappa shape index (κ1) is 14.4. The van der Waals surface area contributed by atoms with Crippen molar-refractivity contribution in [1.29, 1.82) is 0 Å². The Labute approximate surface area is 134 Å². The van der Waals surface area contributed by atoms with Crippen LogP contribution >= 0.6 is 0 Å². The highest BCUT2D eigenvalue weighted by Gasteiger charge is 2.30. The summed E-state index contributed by atoms with van der Waals surface area (Å²) < 4.78 is 7.00.